The second-order valence-electron chi connectivity index (χ2n) is 4.18. The first kappa shape index (κ1) is 14.1. The maximum atomic E-state index is 9.10. The summed E-state index contributed by atoms with van der Waals surface area (Å²) in [6, 6.07) is 2.14. The molecule has 1 heterocycles. The molecule has 0 saturated carbocycles. The SMILES string of the molecule is C=C(C)COCCNc1nnc(C)c(C)c1C#N. The third-order valence-electron chi connectivity index (χ3n) is 2.45. The normalized spacial score (nSPS) is 9.89. The maximum absolute atomic E-state index is 9.10. The Morgan fingerprint density at radius 3 is 2.78 bits per heavy atom. The summed E-state index contributed by atoms with van der Waals surface area (Å²) in [5.41, 5.74) is 3.16. The molecule has 18 heavy (non-hydrogen) atoms. The second kappa shape index (κ2) is 6.72. The van der Waals surface area contributed by atoms with Gasteiger partial charge in [0.25, 0.3) is 0 Å². The van der Waals surface area contributed by atoms with Crippen LogP contribution in [0.15, 0.2) is 12.2 Å². The van der Waals surface area contributed by atoms with E-state index in [1.54, 1.807) is 0 Å². The Morgan fingerprint density at radius 1 is 1.44 bits per heavy atom. The third-order valence-corrected chi connectivity index (χ3v) is 2.45. The number of nitrogens with zero attached hydrogens (tertiary/aromatic N) is 3. The van der Waals surface area contributed by atoms with Crippen LogP contribution in [0, 0.1) is 25.2 Å². The Balaban J connectivity index is 2.55. The largest absolute Gasteiger partial charge is 0.375 e. The van der Waals surface area contributed by atoms with E-state index in [9.17, 15) is 0 Å². The molecule has 0 bridgehead atoms. The van der Waals surface area contributed by atoms with Gasteiger partial charge in [-0.3, -0.25) is 0 Å². The van der Waals surface area contributed by atoms with Gasteiger partial charge in [0, 0.05) is 6.54 Å². The van der Waals surface area contributed by atoms with E-state index < -0.39 is 0 Å². The van der Waals surface area contributed by atoms with Gasteiger partial charge in [-0.15, -0.1) is 5.10 Å². The molecule has 0 aromatic carbocycles. The highest BCUT2D eigenvalue weighted by Crippen LogP contribution is 2.16. The molecule has 0 spiro atoms. The molecule has 0 saturated heterocycles. The van der Waals surface area contributed by atoms with Crippen molar-refractivity contribution in [2.45, 2.75) is 20.8 Å². The number of aryl methyl sites for hydroxylation is 1. The van der Waals surface area contributed by atoms with Crippen molar-refractivity contribution in [2.75, 3.05) is 25.1 Å². The van der Waals surface area contributed by atoms with Crippen molar-refractivity contribution in [2.24, 2.45) is 0 Å². The molecule has 1 rings (SSSR count). The summed E-state index contributed by atoms with van der Waals surface area (Å²) < 4.78 is 5.35. The predicted molar refractivity (Wildman–Crippen MR) is 70.3 cm³/mol. The summed E-state index contributed by atoms with van der Waals surface area (Å²) >= 11 is 0. The number of hydrogen-bond donors (Lipinski definition) is 1. The zero-order valence-electron chi connectivity index (χ0n) is 11.1. The number of nitriles is 1. The molecule has 0 radical (unpaired) electrons. The summed E-state index contributed by atoms with van der Waals surface area (Å²) in [6.45, 7) is 11.0. The van der Waals surface area contributed by atoms with Gasteiger partial charge in [0.1, 0.15) is 11.6 Å². The first-order valence-corrected chi connectivity index (χ1v) is 5.76. The highest BCUT2D eigenvalue weighted by molar-refractivity contribution is 5.55. The quantitative estimate of drug-likeness (QED) is 0.613. The van der Waals surface area contributed by atoms with E-state index >= 15 is 0 Å². The Morgan fingerprint density at radius 2 is 2.17 bits per heavy atom. The molecule has 0 unspecified atom stereocenters. The molecule has 0 aliphatic rings. The predicted octanol–water partition coefficient (Wildman–Crippen LogP) is 1.97. The fourth-order valence-corrected chi connectivity index (χ4v) is 1.36. The van der Waals surface area contributed by atoms with Crippen LogP contribution in [-0.4, -0.2) is 30.0 Å². The number of aromatic nitrogens is 2. The fourth-order valence-electron chi connectivity index (χ4n) is 1.36. The van der Waals surface area contributed by atoms with Gasteiger partial charge in [0.05, 0.1) is 18.9 Å². The van der Waals surface area contributed by atoms with Gasteiger partial charge in [0.2, 0.25) is 0 Å². The summed E-state index contributed by atoms with van der Waals surface area (Å²) in [4.78, 5) is 0. The molecule has 5 nitrogen and oxygen atoms in total. The van der Waals surface area contributed by atoms with Crippen LogP contribution in [-0.2, 0) is 4.74 Å². The van der Waals surface area contributed by atoms with Crippen molar-refractivity contribution in [1.82, 2.24) is 10.2 Å². The van der Waals surface area contributed by atoms with E-state index in [0.717, 1.165) is 16.8 Å². The van der Waals surface area contributed by atoms with Crippen molar-refractivity contribution in [3.05, 3.63) is 29.0 Å². The van der Waals surface area contributed by atoms with Crippen molar-refractivity contribution in [3.8, 4) is 6.07 Å². The van der Waals surface area contributed by atoms with Crippen molar-refractivity contribution < 1.29 is 4.74 Å². The van der Waals surface area contributed by atoms with Crippen molar-refractivity contribution in [3.63, 3.8) is 0 Å². The molecule has 0 amide bonds. The fraction of sp³-hybridized carbons (Fsp3) is 0.462. The number of rotatable bonds is 6. The van der Waals surface area contributed by atoms with E-state index in [-0.39, 0.29) is 0 Å². The molecule has 1 aromatic heterocycles. The molecular formula is C13H18N4O. The van der Waals surface area contributed by atoms with Gasteiger partial charge >= 0.3 is 0 Å². The van der Waals surface area contributed by atoms with E-state index in [0.29, 0.717) is 31.1 Å². The molecule has 0 aliphatic carbocycles. The molecule has 96 valence electrons. The molecule has 0 fully saturated rings. The molecule has 1 N–H and O–H groups in total. The molecule has 0 aliphatic heterocycles. The van der Waals surface area contributed by atoms with Crippen molar-refractivity contribution in [1.29, 1.82) is 5.26 Å². The number of ether oxygens (including phenoxy) is 1. The van der Waals surface area contributed by atoms with Gasteiger partial charge in [0.15, 0.2) is 5.82 Å². The van der Waals surface area contributed by atoms with Gasteiger partial charge in [-0.1, -0.05) is 12.2 Å². The topological polar surface area (TPSA) is 70.8 Å². The Labute approximate surface area is 107 Å². The minimum absolute atomic E-state index is 0.513. The van der Waals surface area contributed by atoms with Crippen LogP contribution in [0.4, 0.5) is 5.82 Å². The second-order valence-corrected chi connectivity index (χ2v) is 4.18. The molecule has 5 heteroatoms. The van der Waals surface area contributed by atoms with Crippen LogP contribution in [0.1, 0.15) is 23.7 Å². The van der Waals surface area contributed by atoms with E-state index in [1.807, 2.05) is 20.8 Å². The first-order valence-electron chi connectivity index (χ1n) is 5.76. The smallest absolute Gasteiger partial charge is 0.167 e. The Kier molecular flexibility index (Phi) is 5.28. The lowest BCUT2D eigenvalue weighted by Crippen LogP contribution is -2.13. The van der Waals surface area contributed by atoms with Crippen molar-refractivity contribution >= 4 is 5.82 Å². The number of anilines is 1. The zero-order valence-corrected chi connectivity index (χ0v) is 11.1. The van der Waals surface area contributed by atoms with Gasteiger partial charge in [-0.2, -0.15) is 10.4 Å². The van der Waals surface area contributed by atoms with Gasteiger partial charge < -0.3 is 10.1 Å². The monoisotopic (exact) mass is 246 g/mol. The lowest BCUT2D eigenvalue weighted by molar-refractivity contribution is 0.167. The minimum Gasteiger partial charge on any atom is -0.375 e. The third kappa shape index (κ3) is 3.82. The average Bonchev–Trinajstić information content (AvgIpc) is 2.33. The lowest BCUT2D eigenvalue weighted by Gasteiger charge is -2.09. The van der Waals surface area contributed by atoms with Crippen LogP contribution < -0.4 is 5.32 Å². The summed E-state index contributed by atoms with van der Waals surface area (Å²) in [7, 11) is 0. The summed E-state index contributed by atoms with van der Waals surface area (Å²) in [6.07, 6.45) is 0. The Hall–Kier alpha value is -1.93. The standard InChI is InChI=1S/C13H18N4O/c1-9(2)8-18-6-5-15-13-12(7-14)10(3)11(4)16-17-13/h1,5-6,8H2,2-4H3,(H,15,17). The minimum atomic E-state index is 0.513. The van der Waals surface area contributed by atoms with E-state index in [4.69, 9.17) is 10.00 Å². The summed E-state index contributed by atoms with van der Waals surface area (Å²) in [5, 5.41) is 20.1. The summed E-state index contributed by atoms with van der Waals surface area (Å²) in [5.74, 6) is 0.513. The first-order chi connectivity index (χ1) is 8.56. The zero-order chi connectivity index (χ0) is 13.5. The number of hydrogen-bond acceptors (Lipinski definition) is 5. The van der Waals surface area contributed by atoms with Crippen LogP contribution in [0.3, 0.4) is 0 Å². The molecular weight excluding hydrogens is 228 g/mol. The van der Waals surface area contributed by atoms with Crippen LogP contribution in [0.25, 0.3) is 0 Å². The maximum Gasteiger partial charge on any atom is 0.167 e. The van der Waals surface area contributed by atoms with Crippen LogP contribution in [0.2, 0.25) is 0 Å². The average molecular weight is 246 g/mol. The molecule has 0 atom stereocenters. The Bertz CT molecular complexity index is 477. The van der Waals surface area contributed by atoms with E-state index in [2.05, 4.69) is 28.2 Å². The van der Waals surface area contributed by atoms with Gasteiger partial charge in [-0.05, 0) is 26.3 Å². The van der Waals surface area contributed by atoms with Crippen LogP contribution in [0.5, 0.6) is 0 Å². The number of nitrogens with one attached hydrogen (secondary N) is 1. The molecule has 1 aromatic rings. The van der Waals surface area contributed by atoms with Crippen LogP contribution >= 0.6 is 0 Å². The van der Waals surface area contributed by atoms with Gasteiger partial charge in [-0.25, -0.2) is 0 Å². The highest BCUT2D eigenvalue weighted by atomic mass is 16.5. The van der Waals surface area contributed by atoms with E-state index in [1.165, 1.54) is 0 Å². The highest BCUT2D eigenvalue weighted by Gasteiger charge is 2.09. The lowest BCUT2D eigenvalue weighted by atomic mass is 10.1.